The van der Waals surface area contributed by atoms with Crippen LogP contribution in [0.5, 0.6) is 0 Å². The SMILES string of the molecule is CCCCOCCn1c(CC)nc(C(=O)OC)c1N. The number of aromatic nitrogens is 2. The van der Waals surface area contributed by atoms with Gasteiger partial charge >= 0.3 is 5.97 Å². The molecule has 0 radical (unpaired) electrons. The summed E-state index contributed by atoms with van der Waals surface area (Å²) in [5.74, 6) is 0.623. The van der Waals surface area contributed by atoms with Gasteiger partial charge in [-0.1, -0.05) is 20.3 Å². The van der Waals surface area contributed by atoms with Crippen molar-refractivity contribution < 1.29 is 14.3 Å². The molecular weight excluding hydrogens is 246 g/mol. The Balaban J connectivity index is 2.70. The third-order valence-corrected chi connectivity index (χ3v) is 2.88. The van der Waals surface area contributed by atoms with Crippen molar-refractivity contribution in [3.63, 3.8) is 0 Å². The van der Waals surface area contributed by atoms with E-state index < -0.39 is 5.97 Å². The van der Waals surface area contributed by atoms with Gasteiger partial charge in [0.2, 0.25) is 0 Å². The summed E-state index contributed by atoms with van der Waals surface area (Å²) in [6, 6.07) is 0. The topological polar surface area (TPSA) is 79.4 Å². The van der Waals surface area contributed by atoms with E-state index >= 15 is 0 Å². The molecular formula is C13H23N3O3. The highest BCUT2D eigenvalue weighted by atomic mass is 16.5. The van der Waals surface area contributed by atoms with E-state index in [1.54, 1.807) is 0 Å². The summed E-state index contributed by atoms with van der Waals surface area (Å²) < 4.78 is 12.0. The fourth-order valence-electron chi connectivity index (χ4n) is 1.78. The lowest BCUT2D eigenvalue weighted by atomic mass is 10.4. The zero-order valence-corrected chi connectivity index (χ0v) is 11.9. The number of nitrogens with two attached hydrogens (primary N) is 1. The van der Waals surface area contributed by atoms with Crippen LogP contribution < -0.4 is 5.73 Å². The molecule has 108 valence electrons. The van der Waals surface area contributed by atoms with Gasteiger partial charge in [0, 0.05) is 19.6 Å². The second-order valence-electron chi connectivity index (χ2n) is 4.22. The van der Waals surface area contributed by atoms with Crippen molar-refractivity contribution in [2.75, 3.05) is 26.1 Å². The summed E-state index contributed by atoms with van der Waals surface area (Å²) in [5.41, 5.74) is 6.13. The maximum absolute atomic E-state index is 11.5. The van der Waals surface area contributed by atoms with Gasteiger partial charge in [0.15, 0.2) is 5.69 Å². The lowest BCUT2D eigenvalue weighted by Crippen LogP contribution is -2.13. The average molecular weight is 269 g/mol. The second-order valence-corrected chi connectivity index (χ2v) is 4.22. The number of methoxy groups -OCH3 is 1. The summed E-state index contributed by atoms with van der Waals surface area (Å²) >= 11 is 0. The summed E-state index contributed by atoms with van der Waals surface area (Å²) in [7, 11) is 1.32. The van der Waals surface area contributed by atoms with Gasteiger partial charge in [-0.05, 0) is 6.42 Å². The zero-order chi connectivity index (χ0) is 14.3. The number of imidazole rings is 1. The Bertz CT molecular complexity index is 416. The predicted molar refractivity (Wildman–Crippen MR) is 73.1 cm³/mol. The van der Waals surface area contributed by atoms with E-state index in [1.807, 2.05) is 11.5 Å². The van der Waals surface area contributed by atoms with Gasteiger partial charge < -0.3 is 19.8 Å². The number of nitrogen functional groups attached to an aromatic ring is 1. The van der Waals surface area contributed by atoms with Crippen molar-refractivity contribution in [1.29, 1.82) is 0 Å². The number of ether oxygens (including phenoxy) is 2. The quantitative estimate of drug-likeness (QED) is 0.573. The van der Waals surface area contributed by atoms with Crippen LogP contribution >= 0.6 is 0 Å². The molecule has 0 saturated carbocycles. The molecule has 0 aromatic carbocycles. The Hall–Kier alpha value is -1.56. The molecule has 6 heteroatoms. The first-order chi connectivity index (χ1) is 9.15. The number of hydrogen-bond acceptors (Lipinski definition) is 5. The minimum absolute atomic E-state index is 0.188. The molecule has 0 unspecified atom stereocenters. The highest BCUT2D eigenvalue weighted by molar-refractivity contribution is 5.92. The van der Waals surface area contributed by atoms with Crippen LogP contribution in [-0.2, 0) is 22.4 Å². The van der Waals surface area contributed by atoms with Crippen LogP contribution in [0.15, 0.2) is 0 Å². The molecule has 1 aromatic heterocycles. The molecule has 1 aromatic rings. The van der Waals surface area contributed by atoms with Gasteiger partial charge in [0.05, 0.1) is 13.7 Å². The van der Waals surface area contributed by atoms with Crippen LogP contribution in [0.3, 0.4) is 0 Å². The van der Waals surface area contributed by atoms with Crippen molar-refractivity contribution in [2.45, 2.75) is 39.7 Å². The largest absolute Gasteiger partial charge is 0.464 e. The van der Waals surface area contributed by atoms with Crippen molar-refractivity contribution in [1.82, 2.24) is 9.55 Å². The zero-order valence-electron chi connectivity index (χ0n) is 11.9. The monoisotopic (exact) mass is 269 g/mol. The van der Waals surface area contributed by atoms with Crippen LogP contribution in [0.25, 0.3) is 0 Å². The molecule has 0 fully saturated rings. The van der Waals surface area contributed by atoms with Gasteiger partial charge in [0.1, 0.15) is 11.6 Å². The molecule has 19 heavy (non-hydrogen) atoms. The number of esters is 1. The van der Waals surface area contributed by atoms with E-state index in [0.717, 1.165) is 25.3 Å². The summed E-state index contributed by atoms with van der Waals surface area (Å²) in [6.45, 7) is 6.00. The first-order valence-corrected chi connectivity index (χ1v) is 6.66. The number of nitrogens with zero attached hydrogens (tertiary/aromatic N) is 2. The van der Waals surface area contributed by atoms with E-state index in [1.165, 1.54) is 7.11 Å². The molecule has 0 saturated heterocycles. The van der Waals surface area contributed by atoms with Gasteiger partial charge in [-0.2, -0.15) is 0 Å². The van der Waals surface area contributed by atoms with Gasteiger partial charge in [-0.15, -0.1) is 0 Å². The number of hydrogen-bond donors (Lipinski definition) is 1. The van der Waals surface area contributed by atoms with Crippen LogP contribution in [0, 0.1) is 0 Å². The van der Waals surface area contributed by atoms with Gasteiger partial charge in [-0.25, -0.2) is 9.78 Å². The molecule has 0 amide bonds. The molecule has 1 heterocycles. The number of carbonyl (C=O) groups excluding carboxylic acids is 1. The Morgan fingerprint density at radius 2 is 2.11 bits per heavy atom. The van der Waals surface area contributed by atoms with E-state index in [2.05, 4.69) is 16.6 Å². The number of carbonyl (C=O) groups is 1. The number of anilines is 1. The van der Waals surface area contributed by atoms with Crippen LogP contribution in [-0.4, -0.2) is 35.8 Å². The number of unbranched alkanes of at least 4 members (excludes halogenated alkanes) is 1. The minimum Gasteiger partial charge on any atom is -0.464 e. The third kappa shape index (κ3) is 3.96. The van der Waals surface area contributed by atoms with Crippen molar-refractivity contribution in [3.05, 3.63) is 11.5 Å². The molecule has 0 bridgehead atoms. The second kappa shape index (κ2) is 7.78. The summed E-state index contributed by atoms with van der Waals surface area (Å²) in [6.07, 6.45) is 2.86. The molecule has 0 aliphatic rings. The third-order valence-electron chi connectivity index (χ3n) is 2.88. The molecule has 0 aliphatic heterocycles. The average Bonchev–Trinajstić information content (AvgIpc) is 2.74. The molecule has 1 rings (SSSR count). The number of rotatable bonds is 8. The first-order valence-electron chi connectivity index (χ1n) is 6.66. The Labute approximate surface area is 113 Å². The van der Waals surface area contributed by atoms with Gasteiger partial charge in [0.25, 0.3) is 0 Å². The minimum atomic E-state index is -0.502. The standard InChI is InChI=1S/C13H23N3O3/c1-4-6-8-19-9-7-16-10(5-2)15-11(12(16)14)13(17)18-3/h4-9,14H2,1-3H3. The Kier molecular flexibility index (Phi) is 6.35. The Morgan fingerprint density at radius 1 is 1.37 bits per heavy atom. The first kappa shape index (κ1) is 15.5. The molecule has 0 aliphatic carbocycles. The lowest BCUT2D eigenvalue weighted by Gasteiger charge is -2.09. The van der Waals surface area contributed by atoms with E-state index in [4.69, 9.17) is 10.5 Å². The molecule has 0 atom stereocenters. The lowest BCUT2D eigenvalue weighted by molar-refractivity contribution is 0.0595. The molecule has 6 nitrogen and oxygen atoms in total. The van der Waals surface area contributed by atoms with Crippen molar-refractivity contribution in [3.8, 4) is 0 Å². The summed E-state index contributed by atoms with van der Waals surface area (Å²) in [5, 5.41) is 0. The smallest absolute Gasteiger partial charge is 0.360 e. The van der Waals surface area contributed by atoms with Gasteiger partial charge in [-0.3, -0.25) is 0 Å². The van der Waals surface area contributed by atoms with E-state index in [0.29, 0.717) is 25.4 Å². The summed E-state index contributed by atoms with van der Waals surface area (Å²) in [4.78, 5) is 15.7. The fraction of sp³-hybridized carbons (Fsp3) is 0.692. The van der Waals surface area contributed by atoms with Crippen molar-refractivity contribution in [2.24, 2.45) is 0 Å². The Morgan fingerprint density at radius 3 is 2.68 bits per heavy atom. The fourth-order valence-corrected chi connectivity index (χ4v) is 1.78. The van der Waals surface area contributed by atoms with Crippen LogP contribution in [0.4, 0.5) is 5.82 Å². The van der Waals surface area contributed by atoms with Crippen LogP contribution in [0.2, 0.25) is 0 Å². The molecule has 0 spiro atoms. The van der Waals surface area contributed by atoms with E-state index in [-0.39, 0.29) is 5.69 Å². The van der Waals surface area contributed by atoms with E-state index in [9.17, 15) is 4.79 Å². The van der Waals surface area contributed by atoms with Crippen LogP contribution in [0.1, 0.15) is 43.0 Å². The molecule has 2 N–H and O–H groups in total. The predicted octanol–water partition coefficient (Wildman–Crippen LogP) is 1.63. The maximum Gasteiger partial charge on any atom is 0.360 e. The number of aryl methyl sites for hydroxylation is 1. The van der Waals surface area contributed by atoms with Crippen molar-refractivity contribution >= 4 is 11.8 Å². The highest BCUT2D eigenvalue weighted by Gasteiger charge is 2.19. The highest BCUT2D eigenvalue weighted by Crippen LogP contribution is 2.16. The normalized spacial score (nSPS) is 10.7. The maximum atomic E-state index is 11.5.